The molecule has 0 radical (unpaired) electrons. The largest absolute Gasteiger partial charge is 0.370 e. The van der Waals surface area contributed by atoms with Crippen LogP contribution >= 0.6 is 0 Å². The molecule has 4 atom stereocenters. The maximum Gasteiger partial charge on any atom is 0.128 e. The van der Waals surface area contributed by atoms with Crippen LogP contribution in [-0.4, -0.2) is 17.3 Å². The van der Waals surface area contributed by atoms with E-state index >= 15 is 0 Å². The lowest BCUT2D eigenvalue weighted by molar-refractivity contribution is -0.0974. The molecule has 0 spiro atoms. The molecular formula is C23H27FO2. The number of hydrogen-bond acceptors (Lipinski definition) is 2. The Bertz CT molecular complexity index is 775. The van der Waals surface area contributed by atoms with Gasteiger partial charge in [0.15, 0.2) is 0 Å². The predicted molar refractivity (Wildman–Crippen MR) is 100 cm³/mol. The van der Waals surface area contributed by atoms with Gasteiger partial charge in [-0.1, -0.05) is 62.4 Å². The minimum Gasteiger partial charge on any atom is -0.370 e. The fraction of sp³-hybridized carbons (Fsp3) is 0.478. The first-order valence-electron chi connectivity index (χ1n) is 9.55. The van der Waals surface area contributed by atoms with Gasteiger partial charge in [0.2, 0.25) is 0 Å². The second-order valence-electron chi connectivity index (χ2n) is 8.29. The van der Waals surface area contributed by atoms with E-state index < -0.39 is 0 Å². The smallest absolute Gasteiger partial charge is 0.128 e. The minimum absolute atomic E-state index is 0.00975. The molecule has 2 aliphatic heterocycles. The first-order valence-corrected chi connectivity index (χ1v) is 9.55. The molecule has 2 fully saturated rings. The van der Waals surface area contributed by atoms with Crippen LogP contribution in [0.25, 0.3) is 0 Å². The van der Waals surface area contributed by atoms with Crippen LogP contribution in [0.3, 0.4) is 0 Å². The fourth-order valence-corrected chi connectivity index (χ4v) is 4.89. The van der Waals surface area contributed by atoms with Crippen LogP contribution in [0.5, 0.6) is 0 Å². The molecular weight excluding hydrogens is 327 g/mol. The molecule has 2 aromatic carbocycles. The lowest BCUT2D eigenvalue weighted by Gasteiger charge is -2.39. The Morgan fingerprint density at radius 3 is 2.46 bits per heavy atom. The van der Waals surface area contributed by atoms with Crippen LogP contribution in [0.1, 0.15) is 50.7 Å². The third-order valence-electron chi connectivity index (χ3n) is 6.39. The molecule has 2 aliphatic rings. The summed E-state index contributed by atoms with van der Waals surface area (Å²) in [6.45, 7) is 6.93. The van der Waals surface area contributed by atoms with E-state index in [1.165, 1.54) is 11.6 Å². The number of benzene rings is 2. The van der Waals surface area contributed by atoms with E-state index in [-0.39, 0.29) is 23.1 Å². The van der Waals surface area contributed by atoms with E-state index in [0.717, 1.165) is 12.8 Å². The number of ether oxygens (including phenoxy) is 2. The Morgan fingerprint density at radius 1 is 1.08 bits per heavy atom. The van der Waals surface area contributed by atoms with Gasteiger partial charge >= 0.3 is 0 Å². The summed E-state index contributed by atoms with van der Waals surface area (Å²) in [7, 11) is 0. The molecule has 2 aromatic rings. The summed E-state index contributed by atoms with van der Waals surface area (Å²) in [5.74, 6) is 0.557. The molecule has 138 valence electrons. The number of hydrogen-bond donors (Lipinski definition) is 0. The highest BCUT2D eigenvalue weighted by Crippen LogP contribution is 2.61. The molecule has 1 unspecified atom stereocenters. The Morgan fingerprint density at radius 2 is 1.77 bits per heavy atom. The maximum absolute atomic E-state index is 13.9. The molecule has 3 heteroatoms. The molecule has 2 saturated heterocycles. The molecule has 2 nitrogen and oxygen atoms in total. The van der Waals surface area contributed by atoms with Crippen molar-refractivity contribution in [3.8, 4) is 0 Å². The first kappa shape index (κ1) is 17.7. The van der Waals surface area contributed by atoms with Crippen molar-refractivity contribution in [3.63, 3.8) is 0 Å². The third kappa shape index (κ3) is 2.78. The lowest BCUT2D eigenvalue weighted by Crippen LogP contribution is -2.43. The zero-order valence-electron chi connectivity index (χ0n) is 15.7. The van der Waals surface area contributed by atoms with Gasteiger partial charge in [-0.15, -0.1) is 0 Å². The van der Waals surface area contributed by atoms with Crippen LogP contribution in [0, 0.1) is 11.7 Å². The van der Waals surface area contributed by atoms with Gasteiger partial charge < -0.3 is 9.47 Å². The topological polar surface area (TPSA) is 18.5 Å². The van der Waals surface area contributed by atoms with Crippen LogP contribution in [0.2, 0.25) is 0 Å². The van der Waals surface area contributed by atoms with E-state index in [2.05, 4.69) is 51.1 Å². The average Bonchev–Trinajstić information content (AvgIpc) is 3.11. The molecule has 26 heavy (non-hydrogen) atoms. The summed E-state index contributed by atoms with van der Waals surface area (Å²) in [4.78, 5) is 0. The van der Waals surface area contributed by atoms with Gasteiger partial charge in [-0.2, -0.15) is 0 Å². The van der Waals surface area contributed by atoms with Crippen LogP contribution in [-0.2, 0) is 16.1 Å². The lowest BCUT2D eigenvalue weighted by atomic mass is 9.66. The monoisotopic (exact) mass is 354 g/mol. The summed E-state index contributed by atoms with van der Waals surface area (Å²) in [6.07, 6.45) is 1.79. The van der Waals surface area contributed by atoms with Crippen molar-refractivity contribution in [1.29, 1.82) is 0 Å². The van der Waals surface area contributed by atoms with E-state index in [9.17, 15) is 4.39 Å². The average molecular weight is 354 g/mol. The standard InChI is InChI=1S/C23H27FO2/c1-16(2)23-14-21(25-15-18-11-7-8-12-20(18)24)22(3,26-23)13-19(23)17-9-5-4-6-10-17/h4-12,16,19,21H,13-15H2,1-3H3/t19?,21-,22+,23-/m1/s1. The molecule has 4 rings (SSSR count). The zero-order valence-corrected chi connectivity index (χ0v) is 15.7. The summed E-state index contributed by atoms with van der Waals surface area (Å²) >= 11 is 0. The Kier molecular flexibility index (Phi) is 4.40. The summed E-state index contributed by atoms with van der Waals surface area (Å²) in [5.41, 5.74) is 1.42. The normalized spacial score (nSPS) is 33.1. The van der Waals surface area contributed by atoms with E-state index in [4.69, 9.17) is 9.47 Å². The third-order valence-corrected chi connectivity index (χ3v) is 6.39. The Labute approximate surface area is 155 Å². The Hall–Kier alpha value is -1.71. The summed E-state index contributed by atoms with van der Waals surface area (Å²) in [6, 6.07) is 17.5. The summed E-state index contributed by atoms with van der Waals surface area (Å²) < 4.78 is 26.8. The fourth-order valence-electron chi connectivity index (χ4n) is 4.89. The van der Waals surface area contributed by atoms with Crippen molar-refractivity contribution >= 4 is 0 Å². The van der Waals surface area contributed by atoms with Crippen molar-refractivity contribution in [2.45, 2.75) is 63.4 Å². The van der Waals surface area contributed by atoms with Crippen molar-refractivity contribution in [3.05, 3.63) is 71.5 Å². The molecule has 2 heterocycles. The van der Waals surface area contributed by atoms with Crippen molar-refractivity contribution in [2.75, 3.05) is 0 Å². The molecule has 0 amide bonds. The molecule has 0 saturated carbocycles. The second-order valence-corrected chi connectivity index (χ2v) is 8.29. The van der Waals surface area contributed by atoms with Gasteiger partial charge in [-0.05, 0) is 30.9 Å². The van der Waals surface area contributed by atoms with Gasteiger partial charge in [0, 0.05) is 17.9 Å². The van der Waals surface area contributed by atoms with Gasteiger partial charge in [0.05, 0.1) is 23.9 Å². The maximum atomic E-state index is 13.9. The molecule has 2 bridgehead atoms. The second kappa shape index (κ2) is 6.47. The van der Waals surface area contributed by atoms with Gasteiger partial charge in [0.1, 0.15) is 5.82 Å². The van der Waals surface area contributed by atoms with Gasteiger partial charge in [-0.3, -0.25) is 0 Å². The summed E-state index contributed by atoms with van der Waals surface area (Å²) in [5, 5.41) is 0. The van der Waals surface area contributed by atoms with Crippen LogP contribution in [0.15, 0.2) is 54.6 Å². The number of rotatable bonds is 5. The quantitative estimate of drug-likeness (QED) is 0.708. The highest BCUT2D eigenvalue weighted by molar-refractivity contribution is 5.30. The first-order chi connectivity index (χ1) is 12.4. The van der Waals surface area contributed by atoms with Crippen LogP contribution < -0.4 is 0 Å². The number of fused-ring (bicyclic) bond motifs is 2. The van der Waals surface area contributed by atoms with Gasteiger partial charge in [0.25, 0.3) is 0 Å². The van der Waals surface area contributed by atoms with Crippen molar-refractivity contribution in [2.24, 2.45) is 5.92 Å². The minimum atomic E-state index is -0.323. The van der Waals surface area contributed by atoms with Crippen molar-refractivity contribution in [1.82, 2.24) is 0 Å². The number of halogens is 1. The van der Waals surface area contributed by atoms with E-state index in [1.807, 2.05) is 6.07 Å². The molecule has 0 aromatic heterocycles. The SMILES string of the molecule is CC(C)[C@]12C[C@@H](OCc3ccccc3F)[C@](C)(CC1c1ccccc1)O2. The highest BCUT2D eigenvalue weighted by Gasteiger charge is 2.65. The van der Waals surface area contributed by atoms with E-state index in [1.54, 1.807) is 12.1 Å². The zero-order chi connectivity index (χ0) is 18.4. The highest BCUT2D eigenvalue weighted by atomic mass is 19.1. The molecule has 0 aliphatic carbocycles. The molecule has 0 N–H and O–H groups in total. The van der Waals surface area contributed by atoms with E-state index in [0.29, 0.717) is 24.0 Å². The van der Waals surface area contributed by atoms with Crippen LogP contribution in [0.4, 0.5) is 4.39 Å². The van der Waals surface area contributed by atoms with Gasteiger partial charge in [-0.25, -0.2) is 4.39 Å². The van der Waals surface area contributed by atoms with Crippen molar-refractivity contribution < 1.29 is 13.9 Å². The Balaban J connectivity index is 1.56. The predicted octanol–water partition coefficient (Wildman–Crippen LogP) is 5.47.